The Hall–Kier alpha value is -1.39. The molecule has 21 heavy (non-hydrogen) atoms. The fourth-order valence-electron chi connectivity index (χ4n) is 3.75. The number of benzene rings is 1. The van der Waals surface area contributed by atoms with E-state index in [1.54, 1.807) is 0 Å². The van der Waals surface area contributed by atoms with E-state index in [9.17, 15) is 9.90 Å². The third kappa shape index (κ3) is 2.83. The van der Waals surface area contributed by atoms with Crippen molar-refractivity contribution in [1.29, 1.82) is 0 Å². The Morgan fingerprint density at radius 2 is 1.95 bits per heavy atom. The lowest BCUT2D eigenvalue weighted by Gasteiger charge is -2.35. The minimum Gasteiger partial charge on any atom is -0.481 e. The molecule has 2 aliphatic rings. The summed E-state index contributed by atoms with van der Waals surface area (Å²) >= 11 is 0. The summed E-state index contributed by atoms with van der Waals surface area (Å²) < 4.78 is 5.47. The molecule has 1 aliphatic heterocycles. The minimum absolute atomic E-state index is 0.0155. The van der Waals surface area contributed by atoms with Crippen molar-refractivity contribution < 1.29 is 14.6 Å². The molecule has 1 fully saturated rings. The number of carboxylic acid groups (broad SMARTS) is 1. The average molecular weight is 289 g/mol. The second-order valence-electron chi connectivity index (χ2n) is 6.12. The first kappa shape index (κ1) is 14.5. The van der Waals surface area contributed by atoms with E-state index in [4.69, 9.17) is 4.74 Å². The Morgan fingerprint density at radius 3 is 2.52 bits per heavy atom. The summed E-state index contributed by atoms with van der Waals surface area (Å²) in [5.74, 6) is -1.12. The Bertz CT molecular complexity index is 492. The van der Waals surface area contributed by atoms with Crippen molar-refractivity contribution in [2.24, 2.45) is 5.92 Å². The zero-order valence-electron chi connectivity index (χ0n) is 12.5. The molecule has 1 N–H and O–H groups in total. The van der Waals surface area contributed by atoms with Gasteiger partial charge in [-0.3, -0.25) is 9.69 Å². The number of rotatable bonds is 5. The van der Waals surface area contributed by atoms with Crippen molar-refractivity contribution in [2.45, 2.75) is 38.3 Å². The molecule has 0 bridgehead atoms. The zero-order chi connectivity index (χ0) is 14.8. The molecule has 4 nitrogen and oxygen atoms in total. The normalized spacial score (nSPS) is 25.4. The number of ether oxygens (including phenoxy) is 1. The molecule has 2 unspecified atom stereocenters. The summed E-state index contributed by atoms with van der Waals surface area (Å²) in [6, 6.07) is 8.99. The first-order valence-corrected chi connectivity index (χ1v) is 7.83. The van der Waals surface area contributed by atoms with Gasteiger partial charge in [-0.2, -0.15) is 0 Å². The number of carboxylic acids is 1. The molecule has 2 atom stereocenters. The van der Waals surface area contributed by atoms with E-state index >= 15 is 0 Å². The predicted octanol–water partition coefficient (Wildman–Crippen LogP) is 1.97. The molecule has 1 saturated heterocycles. The molecule has 114 valence electrons. The molecule has 1 heterocycles. The maximum atomic E-state index is 11.4. The highest BCUT2D eigenvalue weighted by Gasteiger charge is 2.41. The maximum absolute atomic E-state index is 11.4. The van der Waals surface area contributed by atoms with Gasteiger partial charge in [0.25, 0.3) is 0 Å². The van der Waals surface area contributed by atoms with Crippen LogP contribution in [0.2, 0.25) is 0 Å². The van der Waals surface area contributed by atoms with Gasteiger partial charge in [0.05, 0.1) is 19.1 Å². The topological polar surface area (TPSA) is 49.8 Å². The highest BCUT2D eigenvalue weighted by Crippen LogP contribution is 2.30. The van der Waals surface area contributed by atoms with Gasteiger partial charge in [-0.1, -0.05) is 31.2 Å². The molecule has 3 rings (SSSR count). The van der Waals surface area contributed by atoms with E-state index in [2.05, 4.69) is 36.1 Å². The van der Waals surface area contributed by atoms with Crippen molar-refractivity contribution in [3.05, 3.63) is 35.4 Å². The minimum atomic E-state index is -0.728. The molecule has 0 amide bonds. The van der Waals surface area contributed by atoms with E-state index in [1.807, 2.05) is 0 Å². The molecule has 0 spiro atoms. The van der Waals surface area contributed by atoms with Gasteiger partial charge in [0.15, 0.2) is 0 Å². The second kappa shape index (κ2) is 6.16. The molecular formula is C17H23NO3. The molecule has 0 aromatic heterocycles. The van der Waals surface area contributed by atoms with Gasteiger partial charge in [-0.25, -0.2) is 0 Å². The van der Waals surface area contributed by atoms with Crippen LogP contribution in [0.15, 0.2) is 24.3 Å². The molecule has 0 radical (unpaired) electrons. The van der Waals surface area contributed by atoms with E-state index in [-0.39, 0.29) is 12.0 Å². The first-order valence-electron chi connectivity index (χ1n) is 7.83. The zero-order valence-corrected chi connectivity index (χ0v) is 12.5. The monoisotopic (exact) mass is 289 g/mol. The third-order valence-electron chi connectivity index (χ3n) is 4.77. The van der Waals surface area contributed by atoms with Gasteiger partial charge < -0.3 is 9.84 Å². The number of aliphatic carboxylic acids is 1. The second-order valence-corrected chi connectivity index (χ2v) is 6.12. The van der Waals surface area contributed by atoms with Crippen LogP contribution in [0.5, 0.6) is 0 Å². The smallest absolute Gasteiger partial charge is 0.310 e. The largest absolute Gasteiger partial charge is 0.481 e. The maximum Gasteiger partial charge on any atom is 0.310 e. The number of nitrogens with zero attached hydrogens (tertiary/aromatic N) is 1. The quantitative estimate of drug-likeness (QED) is 0.900. The summed E-state index contributed by atoms with van der Waals surface area (Å²) in [6.07, 6.45) is 3.09. The van der Waals surface area contributed by atoms with Gasteiger partial charge in [0.2, 0.25) is 0 Å². The molecule has 0 saturated carbocycles. The lowest BCUT2D eigenvalue weighted by atomic mass is 9.99. The highest BCUT2D eigenvalue weighted by atomic mass is 16.5. The van der Waals surface area contributed by atoms with Crippen molar-refractivity contribution in [2.75, 3.05) is 19.8 Å². The van der Waals surface area contributed by atoms with Crippen LogP contribution in [-0.4, -0.2) is 47.8 Å². The van der Waals surface area contributed by atoms with E-state index < -0.39 is 5.97 Å². The van der Waals surface area contributed by atoms with Crippen LogP contribution in [-0.2, 0) is 22.4 Å². The van der Waals surface area contributed by atoms with E-state index in [0.717, 1.165) is 25.8 Å². The predicted molar refractivity (Wildman–Crippen MR) is 80.4 cm³/mol. The Kier molecular flexibility index (Phi) is 4.27. The number of hydrogen-bond acceptors (Lipinski definition) is 3. The summed E-state index contributed by atoms with van der Waals surface area (Å²) in [5, 5.41) is 9.41. The van der Waals surface area contributed by atoms with Crippen LogP contribution in [0.4, 0.5) is 0 Å². The van der Waals surface area contributed by atoms with Crippen molar-refractivity contribution in [1.82, 2.24) is 4.90 Å². The van der Waals surface area contributed by atoms with E-state index in [1.165, 1.54) is 11.1 Å². The van der Waals surface area contributed by atoms with E-state index in [0.29, 0.717) is 19.3 Å². The molecular weight excluding hydrogens is 266 g/mol. The van der Waals surface area contributed by atoms with Gasteiger partial charge in [-0.05, 0) is 36.9 Å². The van der Waals surface area contributed by atoms with Crippen LogP contribution >= 0.6 is 0 Å². The van der Waals surface area contributed by atoms with Crippen molar-refractivity contribution in [3.8, 4) is 0 Å². The Labute approximate surface area is 125 Å². The lowest BCUT2D eigenvalue weighted by molar-refractivity contribution is -0.143. The van der Waals surface area contributed by atoms with Gasteiger partial charge >= 0.3 is 5.97 Å². The summed E-state index contributed by atoms with van der Waals surface area (Å²) in [5.41, 5.74) is 2.82. The number of carbonyl (C=O) groups is 1. The van der Waals surface area contributed by atoms with Crippen LogP contribution in [0, 0.1) is 5.92 Å². The fraction of sp³-hybridized carbons (Fsp3) is 0.588. The average Bonchev–Trinajstić information content (AvgIpc) is 3.11. The van der Waals surface area contributed by atoms with Crippen LogP contribution in [0.3, 0.4) is 0 Å². The van der Waals surface area contributed by atoms with Crippen LogP contribution in [0.25, 0.3) is 0 Å². The Morgan fingerprint density at radius 1 is 1.29 bits per heavy atom. The summed E-state index contributed by atoms with van der Waals surface area (Å²) in [6.45, 7) is 3.99. The number of fused-ring (bicyclic) bond motifs is 1. The molecule has 1 aliphatic carbocycles. The van der Waals surface area contributed by atoms with Crippen LogP contribution < -0.4 is 0 Å². The highest BCUT2D eigenvalue weighted by molar-refractivity contribution is 5.71. The van der Waals surface area contributed by atoms with Crippen molar-refractivity contribution >= 4 is 5.97 Å². The molecule has 4 heteroatoms. The number of hydrogen-bond donors (Lipinski definition) is 1. The van der Waals surface area contributed by atoms with Gasteiger partial charge in [-0.15, -0.1) is 0 Å². The third-order valence-corrected chi connectivity index (χ3v) is 4.77. The van der Waals surface area contributed by atoms with Gasteiger partial charge in [0, 0.05) is 12.1 Å². The fourth-order valence-corrected chi connectivity index (χ4v) is 3.75. The summed E-state index contributed by atoms with van der Waals surface area (Å²) in [7, 11) is 0. The summed E-state index contributed by atoms with van der Waals surface area (Å²) in [4.78, 5) is 13.8. The van der Waals surface area contributed by atoms with Gasteiger partial charge in [0.1, 0.15) is 0 Å². The SMILES string of the molecule is CCCN(C1Cc2ccccc2C1)C1COCC1C(=O)O. The lowest BCUT2D eigenvalue weighted by Crippen LogP contribution is -2.49. The molecule has 1 aromatic carbocycles. The standard InChI is InChI=1S/C17H23NO3/c1-2-7-18(16-11-21-10-15(16)17(19)20)14-8-12-5-3-4-6-13(12)9-14/h3-6,14-16H,2,7-11H2,1H3,(H,19,20). The van der Waals surface area contributed by atoms with Crippen LogP contribution in [0.1, 0.15) is 24.5 Å². The Balaban J connectivity index is 1.78. The molecule has 1 aromatic rings. The first-order chi connectivity index (χ1) is 10.2. The van der Waals surface area contributed by atoms with Crippen molar-refractivity contribution in [3.63, 3.8) is 0 Å².